The van der Waals surface area contributed by atoms with Crippen LogP contribution in [0.5, 0.6) is 0 Å². The number of carboxylic acid groups (broad SMARTS) is 1. The average molecular weight is 235 g/mol. The maximum absolute atomic E-state index is 11.5. The molecule has 4 nitrogen and oxygen atoms in total. The van der Waals surface area contributed by atoms with Crippen molar-refractivity contribution < 1.29 is 14.7 Å². The first-order valence-corrected chi connectivity index (χ1v) is 5.49. The third-order valence-corrected chi connectivity index (χ3v) is 2.73. The largest absolute Gasteiger partial charge is 0.481 e. The van der Waals surface area contributed by atoms with Crippen LogP contribution in [0.25, 0.3) is 0 Å². The SMILES string of the molecule is CC(=O)N(CCC(=O)O)c1ccc(C)c(C)c1. The summed E-state index contributed by atoms with van der Waals surface area (Å²) in [5, 5.41) is 8.65. The summed E-state index contributed by atoms with van der Waals surface area (Å²) in [6.45, 7) is 5.60. The van der Waals surface area contributed by atoms with Gasteiger partial charge in [0.25, 0.3) is 0 Å². The summed E-state index contributed by atoms with van der Waals surface area (Å²) >= 11 is 0. The first-order chi connectivity index (χ1) is 7.91. The van der Waals surface area contributed by atoms with Gasteiger partial charge in [0.05, 0.1) is 6.42 Å². The van der Waals surface area contributed by atoms with Crippen molar-refractivity contribution in [2.24, 2.45) is 0 Å². The molecule has 0 saturated heterocycles. The van der Waals surface area contributed by atoms with Gasteiger partial charge >= 0.3 is 5.97 Å². The van der Waals surface area contributed by atoms with Crippen LogP contribution in [0.1, 0.15) is 24.5 Å². The molecule has 4 heteroatoms. The fourth-order valence-electron chi connectivity index (χ4n) is 1.57. The van der Waals surface area contributed by atoms with Crippen molar-refractivity contribution in [3.63, 3.8) is 0 Å². The molecule has 0 saturated carbocycles. The number of amides is 1. The fourth-order valence-corrected chi connectivity index (χ4v) is 1.57. The van der Waals surface area contributed by atoms with Gasteiger partial charge in [-0.25, -0.2) is 0 Å². The molecule has 0 heterocycles. The van der Waals surface area contributed by atoms with E-state index in [2.05, 4.69) is 0 Å². The van der Waals surface area contributed by atoms with Crippen LogP contribution in [0.3, 0.4) is 0 Å². The highest BCUT2D eigenvalue weighted by Gasteiger charge is 2.13. The Labute approximate surface area is 101 Å². The van der Waals surface area contributed by atoms with Gasteiger partial charge < -0.3 is 10.0 Å². The van der Waals surface area contributed by atoms with Gasteiger partial charge in [-0.05, 0) is 37.1 Å². The van der Waals surface area contributed by atoms with Crippen LogP contribution in [-0.2, 0) is 9.59 Å². The number of nitrogens with zero attached hydrogens (tertiary/aromatic N) is 1. The summed E-state index contributed by atoms with van der Waals surface area (Å²) in [5.74, 6) is -1.05. The molecule has 1 amide bonds. The van der Waals surface area contributed by atoms with Crippen LogP contribution in [0, 0.1) is 13.8 Å². The van der Waals surface area contributed by atoms with Crippen molar-refractivity contribution in [2.75, 3.05) is 11.4 Å². The molecule has 0 atom stereocenters. The Morgan fingerprint density at radius 2 is 1.88 bits per heavy atom. The molecule has 0 aliphatic rings. The summed E-state index contributed by atoms with van der Waals surface area (Å²) in [6.07, 6.45) is -0.0491. The molecule has 1 aromatic carbocycles. The Morgan fingerprint density at radius 1 is 1.24 bits per heavy atom. The number of rotatable bonds is 4. The number of aryl methyl sites for hydroxylation is 2. The maximum Gasteiger partial charge on any atom is 0.305 e. The van der Waals surface area contributed by atoms with E-state index < -0.39 is 5.97 Å². The molecule has 92 valence electrons. The summed E-state index contributed by atoms with van der Waals surface area (Å²) in [6, 6.07) is 5.67. The number of carboxylic acids is 1. The Bertz CT molecular complexity index is 440. The van der Waals surface area contributed by atoms with Crippen molar-refractivity contribution in [1.82, 2.24) is 0 Å². The second-order valence-electron chi connectivity index (χ2n) is 4.08. The summed E-state index contributed by atoms with van der Waals surface area (Å²) < 4.78 is 0. The average Bonchev–Trinajstić information content (AvgIpc) is 2.22. The molecule has 17 heavy (non-hydrogen) atoms. The standard InChI is InChI=1S/C13H17NO3/c1-9-4-5-12(8-10(9)2)14(11(3)15)7-6-13(16)17/h4-5,8H,6-7H2,1-3H3,(H,16,17). The molecule has 0 unspecified atom stereocenters. The molecule has 1 aromatic rings. The monoisotopic (exact) mass is 235 g/mol. The number of hydrogen-bond acceptors (Lipinski definition) is 2. The van der Waals surface area contributed by atoms with Crippen molar-refractivity contribution in [3.8, 4) is 0 Å². The van der Waals surface area contributed by atoms with Gasteiger partial charge in [-0.15, -0.1) is 0 Å². The molecule has 0 spiro atoms. The zero-order valence-electron chi connectivity index (χ0n) is 10.4. The molecule has 0 radical (unpaired) electrons. The molecule has 0 fully saturated rings. The second kappa shape index (κ2) is 5.48. The first kappa shape index (κ1) is 13.2. The van der Waals surface area contributed by atoms with Crippen LogP contribution in [-0.4, -0.2) is 23.5 Å². The van der Waals surface area contributed by atoms with Crippen LogP contribution in [0.15, 0.2) is 18.2 Å². The lowest BCUT2D eigenvalue weighted by molar-refractivity contribution is -0.136. The van der Waals surface area contributed by atoms with E-state index in [-0.39, 0.29) is 18.9 Å². The molecule has 0 aromatic heterocycles. The van der Waals surface area contributed by atoms with Gasteiger partial charge in [0.1, 0.15) is 0 Å². The smallest absolute Gasteiger partial charge is 0.305 e. The minimum absolute atomic E-state index is 0.0491. The summed E-state index contributed by atoms with van der Waals surface area (Å²) in [5.41, 5.74) is 2.99. The first-order valence-electron chi connectivity index (χ1n) is 5.49. The molecule has 1 rings (SSSR count). The predicted molar refractivity (Wildman–Crippen MR) is 66.2 cm³/mol. The van der Waals surface area contributed by atoms with Crippen LogP contribution >= 0.6 is 0 Å². The fraction of sp³-hybridized carbons (Fsp3) is 0.385. The maximum atomic E-state index is 11.5. The van der Waals surface area contributed by atoms with E-state index in [1.165, 1.54) is 11.8 Å². The normalized spacial score (nSPS) is 10.1. The third-order valence-electron chi connectivity index (χ3n) is 2.73. The molecular weight excluding hydrogens is 218 g/mol. The Morgan fingerprint density at radius 3 is 2.35 bits per heavy atom. The van der Waals surface area contributed by atoms with E-state index in [1.807, 2.05) is 32.0 Å². The van der Waals surface area contributed by atoms with Crippen molar-refractivity contribution in [2.45, 2.75) is 27.2 Å². The second-order valence-corrected chi connectivity index (χ2v) is 4.08. The van der Waals surface area contributed by atoms with Crippen molar-refractivity contribution >= 4 is 17.6 Å². The number of aliphatic carboxylic acids is 1. The Kier molecular flexibility index (Phi) is 4.26. The van der Waals surface area contributed by atoms with Gasteiger partial charge in [-0.2, -0.15) is 0 Å². The molecule has 1 N–H and O–H groups in total. The lowest BCUT2D eigenvalue weighted by atomic mass is 10.1. The predicted octanol–water partition coefficient (Wildman–Crippen LogP) is 2.13. The van der Waals surface area contributed by atoms with Crippen LogP contribution < -0.4 is 4.90 Å². The number of hydrogen-bond donors (Lipinski definition) is 1. The van der Waals surface area contributed by atoms with E-state index in [0.717, 1.165) is 16.8 Å². The number of benzene rings is 1. The van der Waals surface area contributed by atoms with E-state index in [4.69, 9.17) is 5.11 Å². The van der Waals surface area contributed by atoms with Gasteiger partial charge in [0.15, 0.2) is 0 Å². The van der Waals surface area contributed by atoms with Crippen molar-refractivity contribution in [3.05, 3.63) is 29.3 Å². The highest BCUT2D eigenvalue weighted by Crippen LogP contribution is 2.19. The van der Waals surface area contributed by atoms with E-state index in [9.17, 15) is 9.59 Å². The molecule has 0 aliphatic heterocycles. The Hall–Kier alpha value is -1.84. The van der Waals surface area contributed by atoms with Gasteiger partial charge in [0.2, 0.25) is 5.91 Å². The number of carbonyl (C=O) groups is 2. The van der Waals surface area contributed by atoms with Crippen LogP contribution in [0.2, 0.25) is 0 Å². The molecule has 0 bridgehead atoms. The lowest BCUT2D eigenvalue weighted by Crippen LogP contribution is -2.30. The Balaban J connectivity index is 2.93. The highest BCUT2D eigenvalue weighted by atomic mass is 16.4. The number of carbonyl (C=O) groups excluding carboxylic acids is 1. The van der Waals surface area contributed by atoms with Crippen molar-refractivity contribution in [1.29, 1.82) is 0 Å². The minimum atomic E-state index is -0.903. The van der Waals surface area contributed by atoms with E-state index >= 15 is 0 Å². The highest BCUT2D eigenvalue weighted by molar-refractivity contribution is 5.92. The number of anilines is 1. The van der Waals surface area contributed by atoms with Gasteiger partial charge in [-0.3, -0.25) is 9.59 Å². The van der Waals surface area contributed by atoms with Gasteiger partial charge in [-0.1, -0.05) is 6.07 Å². The summed E-state index contributed by atoms with van der Waals surface area (Å²) in [7, 11) is 0. The molecular formula is C13H17NO3. The zero-order valence-corrected chi connectivity index (χ0v) is 10.4. The van der Waals surface area contributed by atoms with E-state index in [1.54, 1.807) is 0 Å². The quantitative estimate of drug-likeness (QED) is 0.869. The topological polar surface area (TPSA) is 57.6 Å². The minimum Gasteiger partial charge on any atom is -0.481 e. The third kappa shape index (κ3) is 3.59. The van der Waals surface area contributed by atoms with Crippen LogP contribution in [0.4, 0.5) is 5.69 Å². The lowest BCUT2D eigenvalue weighted by Gasteiger charge is -2.21. The summed E-state index contributed by atoms with van der Waals surface area (Å²) in [4.78, 5) is 23.5. The molecule has 0 aliphatic carbocycles. The zero-order chi connectivity index (χ0) is 13.0. The van der Waals surface area contributed by atoms with E-state index in [0.29, 0.717) is 0 Å². The van der Waals surface area contributed by atoms with Gasteiger partial charge in [0, 0.05) is 19.2 Å².